The van der Waals surface area contributed by atoms with Crippen LogP contribution in [0, 0.1) is 6.92 Å². The van der Waals surface area contributed by atoms with Crippen molar-refractivity contribution in [1.82, 2.24) is 10.3 Å². The number of hydrazine groups is 1. The van der Waals surface area contributed by atoms with Crippen LogP contribution in [0.1, 0.15) is 33.8 Å². The number of aromatic nitrogens is 1. The number of nitrogens with zero attached hydrogens (tertiary/aromatic N) is 1. The SMILES string of the molecule is Cc1ccc(NN)c(C(=O)NCC(C)c2nccs2)c1. The first kappa shape index (κ1) is 14.5. The van der Waals surface area contributed by atoms with Crippen molar-refractivity contribution in [1.29, 1.82) is 0 Å². The molecular weight excluding hydrogens is 272 g/mol. The van der Waals surface area contributed by atoms with Gasteiger partial charge in [0, 0.05) is 24.0 Å². The van der Waals surface area contributed by atoms with E-state index in [0.717, 1.165) is 10.6 Å². The van der Waals surface area contributed by atoms with Crippen LogP contribution in [0.3, 0.4) is 0 Å². The second-order valence-corrected chi connectivity index (χ2v) is 5.60. The average Bonchev–Trinajstić information content (AvgIpc) is 2.98. The number of hydrogen-bond donors (Lipinski definition) is 3. The second-order valence-electron chi connectivity index (χ2n) is 4.67. The maximum absolute atomic E-state index is 12.2. The van der Waals surface area contributed by atoms with E-state index in [-0.39, 0.29) is 11.8 Å². The Morgan fingerprint density at radius 2 is 2.30 bits per heavy atom. The lowest BCUT2D eigenvalue weighted by Crippen LogP contribution is -2.28. The first-order chi connectivity index (χ1) is 9.61. The molecule has 0 saturated carbocycles. The van der Waals surface area contributed by atoms with E-state index in [1.165, 1.54) is 0 Å². The van der Waals surface area contributed by atoms with Crippen LogP contribution >= 0.6 is 11.3 Å². The molecule has 20 heavy (non-hydrogen) atoms. The number of carbonyl (C=O) groups excluding carboxylic acids is 1. The maximum Gasteiger partial charge on any atom is 0.253 e. The average molecular weight is 290 g/mol. The third-order valence-corrected chi connectivity index (χ3v) is 4.02. The molecule has 1 unspecified atom stereocenters. The number of carbonyl (C=O) groups is 1. The Hall–Kier alpha value is -1.92. The maximum atomic E-state index is 12.2. The van der Waals surface area contributed by atoms with E-state index in [2.05, 4.69) is 15.7 Å². The fourth-order valence-corrected chi connectivity index (χ4v) is 2.58. The van der Waals surface area contributed by atoms with Crippen molar-refractivity contribution < 1.29 is 4.79 Å². The second kappa shape index (κ2) is 6.49. The molecule has 1 aromatic heterocycles. The van der Waals surface area contributed by atoms with Crippen molar-refractivity contribution in [3.8, 4) is 0 Å². The van der Waals surface area contributed by atoms with Crippen LogP contribution in [-0.2, 0) is 0 Å². The number of nitrogen functional groups attached to an aromatic ring is 1. The number of rotatable bonds is 5. The highest BCUT2D eigenvalue weighted by Crippen LogP contribution is 2.18. The van der Waals surface area contributed by atoms with Crippen LogP contribution < -0.4 is 16.6 Å². The Kier molecular flexibility index (Phi) is 4.70. The molecule has 0 aliphatic carbocycles. The smallest absolute Gasteiger partial charge is 0.253 e. The van der Waals surface area contributed by atoms with Crippen LogP contribution in [0.25, 0.3) is 0 Å². The van der Waals surface area contributed by atoms with E-state index in [1.54, 1.807) is 23.6 Å². The first-order valence-corrected chi connectivity index (χ1v) is 7.24. The van der Waals surface area contributed by atoms with Crippen molar-refractivity contribution in [3.63, 3.8) is 0 Å². The monoisotopic (exact) mass is 290 g/mol. The number of thiazole rings is 1. The lowest BCUT2D eigenvalue weighted by Gasteiger charge is -2.13. The molecule has 2 rings (SSSR count). The van der Waals surface area contributed by atoms with Gasteiger partial charge in [-0.25, -0.2) is 4.98 Å². The van der Waals surface area contributed by atoms with Crippen LogP contribution in [-0.4, -0.2) is 17.4 Å². The molecule has 6 heteroatoms. The molecule has 1 aromatic carbocycles. The molecule has 106 valence electrons. The number of hydrogen-bond acceptors (Lipinski definition) is 5. The summed E-state index contributed by atoms with van der Waals surface area (Å²) in [6.45, 7) is 4.52. The van der Waals surface area contributed by atoms with Gasteiger partial charge in [-0.3, -0.25) is 10.6 Å². The lowest BCUT2D eigenvalue weighted by atomic mass is 10.1. The molecule has 2 aromatic rings. The molecule has 1 heterocycles. The number of benzene rings is 1. The van der Waals surface area contributed by atoms with Gasteiger partial charge in [0.15, 0.2) is 0 Å². The quantitative estimate of drug-likeness (QED) is 0.583. The van der Waals surface area contributed by atoms with Gasteiger partial charge < -0.3 is 10.7 Å². The number of nitrogens with two attached hydrogens (primary N) is 1. The van der Waals surface area contributed by atoms with Crippen molar-refractivity contribution in [2.24, 2.45) is 5.84 Å². The molecule has 0 bridgehead atoms. The van der Waals surface area contributed by atoms with Crippen LogP contribution in [0.2, 0.25) is 0 Å². The topological polar surface area (TPSA) is 80.0 Å². The van der Waals surface area contributed by atoms with Crippen molar-refractivity contribution in [2.45, 2.75) is 19.8 Å². The zero-order valence-corrected chi connectivity index (χ0v) is 12.3. The summed E-state index contributed by atoms with van der Waals surface area (Å²) in [5.41, 5.74) is 4.74. The Morgan fingerprint density at radius 3 is 2.95 bits per heavy atom. The van der Waals surface area contributed by atoms with E-state index in [0.29, 0.717) is 17.8 Å². The van der Waals surface area contributed by atoms with Crippen molar-refractivity contribution >= 4 is 22.9 Å². The summed E-state index contributed by atoms with van der Waals surface area (Å²) in [5.74, 6) is 5.49. The summed E-state index contributed by atoms with van der Waals surface area (Å²) >= 11 is 1.59. The number of nitrogens with one attached hydrogen (secondary N) is 2. The Labute approximate surface area is 122 Å². The van der Waals surface area contributed by atoms with E-state index >= 15 is 0 Å². The van der Waals surface area contributed by atoms with Gasteiger partial charge in [0.05, 0.1) is 16.3 Å². The van der Waals surface area contributed by atoms with Crippen LogP contribution in [0.5, 0.6) is 0 Å². The normalized spacial score (nSPS) is 11.9. The minimum atomic E-state index is -0.134. The lowest BCUT2D eigenvalue weighted by molar-refractivity contribution is 0.0952. The predicted molar refractivity (Wildman–Crippen MR) is 81.9 cm³/mol. The van der Waals surface area contributed by atoms with Gasteiger partial charge in [-0.2, -0.15) is 0 Å². The molecule has 0 aliphatic rings. The Morgan fingerprint density at radius 1 is 1.50 bits per heavy atom. The molecule has 4 N–H and O–H groups in total. The minimum absolute atomic E-state index is 0.134. The molecular formula is C14H18N4OS. The summed E-state index contributed by atoms with van der Waals surface area (Å²) in [6.07, 6.45) is 1.77. The number of anilines is 1. The molecule has 0 spiro atoms. The minimum Gasteiger partial charge on any atom is -0.351 e. The van der Waals surface area contributed by atoms with Gasteiger partial charge in [0.2, 0.25) is 0 Å². The summed E-state index contributed by atoms with van der Waals surface area (Å²) in [5, 5.41) is 5.88. The molecule has 1 atom stereocenters. The van der Waals surface area contributed by atoms with Gasteiger partial charge in [0.1, 0.15) is 0 Å². The van der Waals surface area contributed by atoms with Gasteiger partial charge in [-0.1, -0.05) is 18.6 Å². The van der Waals surface area contributed by atoms with Crippen molar-refractivity contribution in [2.75, 3.05) is 12.0 Å². The summed E-state index contributed by atoms with van der Waals surface area (Å²) in [7, 11) is 0. The fraction of sp³-hybridized carbons (Fsp3) is 0.286. The predicted octanol–water partition coefficient (Wildman–Crippen LogP) is 2.27. The first-order valence-electron chi connectivity index (χ1n) is 6.36. The third kappa shape index (κ3) is 3.34. The molecule has 0 aliphatic heterocycles. The van der Waals surface area contributed by atoms with E-state index in [9.17, 15) is 4.79 Å². The van der Waals surface area contributed by atoms with Gasteiger partial charge in [0.25, 0.3) is 5.91 Å². The zero-order valence-electron chi connectivity index (χ0n) is 11.5. The highest BCUT2D eigenvalue weighted by Gasteiger charge is 2.14. The standard InChI is InChI=1S/C14H18N4OS/c1-9-3-4-12(18-15)11(7-9)13(19)17-8-10(2)14-16-5-6-20-14/h3-7,10,18H,8,15H2,1-2H3,(H,17,19). The van der Waals surface area contributed by atoms with Gasteiger partial charge in [-0.15, -0.1) is 11.3 Å². The highest BCUT2D eigenvalue weighted by molar-refractivity contribution is 7.09. The fourth-order valence-electron chi connectivity index (χ4n) is 1.88. The third-order valence-electron chi connectivity index (χ3n) is 3.02. The largest absolute Gasteiger partial charge is 0.351 e. The van der Waals surface area contributed by atoms with Gasteiger partial charge in [-0.05, 0) is 19.1 Å². The molecule has 5 nitrogen and oxygen atoms in total. The number of amides is 1. The zero-order chi connectivity index (χ0) is 14.5. The summed E-state index contributed by atoms with van der Waals surface area (Å²) < 4.78 is 0. The van der Waals surface area contributed by atoms with E-state index in [4.69, 9.17) is 5.84 Å². The van der Waals surface area contributed by atoms with Crippen LogP contribution in [0.15, 0.2) is 29.8 Å². The van der Waals surface area contributed by atoms with E-state index < -0.39 is 0 Å². The van der Waals surface area contributed by atoms with Gasteiger partial charge >= 0.3 is 0 Å². The Bertz CT molecular complexity index is 583. The molecule has 1 amide bonds. The number of aryl methyl sites for hydroxylation is 1. The molecule has 0 fully saturated rings. The Balaban J connectivity index is 2.03. The summed E-state index contributed by atoms with van der Waals surface area (Å²) in [4.78, 5) is 16.5. The molecule has 0 radical (unpaired) electrons. The highest BCUT2D eigenvalue weighted by atomic mass is 32.1. The van der Waals surface area contributed by atoms with E-state index in [1.807, 2.05) is 31.4 Å². The summed E-state index contributed by atoms with van der Waals surface area (Å²) in [6, 6.07) is 5.53. The van der Waals surface area contributed by atoms with Crippen LogP contribution in [0.4, 0.5) is 5.69 Å². The molecule has 0 saturated heterocycles. The van der Waals surface area contributed by atoms with Crippen molar-refractivity contribution in [3.05, 3.63) is 45.9 Å².